The highest BCUT2D eigenvalue weighted by molar-refractivity contribution is 5.84. The third-order valence-electron chi connectivity index (χ3n) is 6.79. The van der Waals surface area contributed by atoms with E-state index < -0.39 is 0 Å². The number of nitrogens with one attached hydrogen (secondary N) is 2. The van der Waals surface area contributed by atoms with Crippen molar-refractivity contribution in [1.82, 2.24) is 10.3 Å². The molecule has 4 aliphatic carbocycles. The maximum absolute atomic E-state index is 13.0. The molecular weight excluding hydrogens is 296 g/mol. The second-order valence-electron chi connectivity index (χ2n) is 8.75. The summed E-state index contributed by atoms with van der Waals surface area (Å²) in [4.78, 5) is 16.4. The zero-order valence-electron chi connectivity index (χ0n) is 14.4. The molecule has 0 saturated heterocycles. The minimum atomic E-state index is -0.0382. The normalized spacial score (nSPS) is 34.0. The Kier molecular flexibility index (Phi) is 3.10. The van der Waals surface area contributed by atoms with Crippen LogP contribution in [-0.2, 0) is 11.3 Å². The second-order valence-corrected chi connectivity index (χ2v) is 8.75. The van der Waals surface area contributed by atoms with Crippen LogP contribution in [0.1, 0.15) is 49.8 Å². The van der Waals surface area contributed by atoms with E-state index in [1.54, 1.807) is 0 Å². The molecule has 4 bridgehead atoms. The maximum atomic E-state index is 13.0. The van der Waals surface area contributed by atoms with Crippen molar-refractivity contribution in [3.8, 4) is 0 Å². The molecule has 1 amide bonds. The summed E-state index contributed by atoms with van der Waals surface area (Å²) in [7, 11) is 0. The van der Waals surface area contributed by atoms with E-state index in [0.29, 0.717) is 12.5 Å². The van der Waals surface area contributed by atoms with Crippen LogP contribution < -0.4 is 5.32 Å². The van der Waals surface area contributed by atoms with Gasteiger partial charge in [-0.25, -0.2) is 0 Å². The predicted octanol–water partition coefficient (Wildman–Crippen LogP) is 4.31. The predicted molar refractivity (Wildman–Crippen MR) is 95.5 cm³/mol. The van der Waals surface area contributed by atoms with Gasteiger partial charge in [-0.05, 0) is 92.4 Å². The molecule has 4 saturated carbocycles. The molecule has 2 aromatic rings. The van der Waals surface area contributed by atoms with Crippen LogP contribution in [0.25, 0.3) is 10.9 Å². The summed E-state index contributed by atoms with van der Waals surface area (Å²) in [5, 5.41) is 4.51. The van der Waals surface area contributed by atoms with Gasteiger partial charge in [0.2, 0.25) is 5.91 Å². The van der Waals surface area contributed by atoms with Crippen LogP contribution in [0.3, 0.4) is 0 Å². The molecule has 0 aliphatic heterocycles. The fraction of sp³-hybridized carbons (Fsp3) is 0.571. The van der Waals surface area contributed by atoms with Gasteiger partial charge in [-0.3, -0.25) is 4.79 Å². The number of carbonyl (C=O) groups excluding carboxylic acids is 1. The first-order valence-electron chi connectivity index (χ1n) is 9.46. The number of hydrogen-bond acceptors (Lipinski definition) is 1. The van der Waals surface area contributed by atoms with Gasteiger partial charge >= 0.3 is 0 Å². The first-order valence-corrected chi connectivity index (χ1v) is 9.46. The van der Waals surface area contributed by atoms with Crippen LogP contribution in [0.4, 0.5) is 0 Å². The van der Waals surface area contributed by atoms with Crippen molar-refractivity contribution in [3.63, 3.8) is 0 Å². The Morgan fingerprint density at radius 2 is 1.79 bits per heavy atom. The highest BCUT2D eigenvalue weighted by Crippen LogP contribution is 2.60. The molecule has 2 N–H and O–H groups in total. The summed E-state index contributed by atoms with van der Waals surface area (Å²) < 4.78 is 0. The Labute approximate surface area is 143 Å². The van der Waals surface area contributed by atoms with Crippen molar-refractivity contribution in [2.75, 3.05) is 0 Å². The highest BCUT2D eigenvalue weighted by Gasteiger charge is 2.54. The summed E-state index contributed by atoms with van der Waals surface area (Å²) in [6.45, 7) is 2.73. The Morgan fingerprint density at radius 3 is 2.46 bits per heavy atom. The minimum absolute atomic E-state index is 0.0382. The lowest BCUT2D eigenvalue weighted by Gasteiger charge is -2.55. The van der Waals surface area contributed by atoms with Gasteiger partial charge in [-0.1, -0.05) is 6.07 Å². The van der Waals surface area contributed by atoms with E-state index in [9.17, 15) is 4.79 Å². The van der Waals surface area contributed by atoms with Gasteiger partial charge in [0.15, 0.2) is 0 Å². The average molecular weight is 322 g/mol. The number of rotatable bonds is 3. The molecule has 3 heteroatoms. The number of amides is 1. The monoisotopic (exact) mass is 322 g/mol. The van der Waals surface area contributed by atoms with Crippen LogP contribution in [-0.4, -0.2) is 10.9 Å². The molecule has 1 aromatic carbocycles. The molecule has 4 fully saturated rings. The Balaban J connectivity index is 1.31. The third-order valence-corrected chi connectivity index (χ3v) is 6.79. The van der Waals surface area contributed by atoms with Crippen molar-refractivity contribution < 1.29 is 4.79 Å². The number of aromatic nitrogens is 1. The van der Waals surface area contributed by atoms with E-state index >= 15 is 0 Å². The summed E-state index contributed by atoms with van der Waals surface area (Å²) in [6.07, 6.45) is 7.57. The van der Waals surface area contributed by atoms with Crippen molar-refractivity contribution >= 4 is 16.8 Å². The summed E-state index contributed by atoms with van der Waals surface area (Å²) >= 11 is 0. The summed E-state index contributed by atoms with van der Waals surface area (Å²) in [6, 6.07) is 8.60. The lowest BCUT2D eigenvalue weighted by molar-refractivity contribution is -0.146. The van der Waals surface area contributed by atoms with E-state index in [1.165, 1.54) is 41.4 Å². The van der Waals surface area contributed by atoms with E-state index in [-0.39, 0.29) is 5.41 Å². The molecular formula is C21H26N2O. The van der Waals surface area contributed by atoms with Crippen LogP contribution in [0.2, 0.25) is 0 Å². The topological polar surface area (TPSA) is 44.9 Å². The molecule has 0 spiro atoms. The van der Waals surface area contributed by atoms with Crippen LogP contribution >= 0.6 is 0 Å². The average Bonchev–Trinajstić information content (AvgIpc) is 2.90. The zero-order chi connectivity index (χ0) is 16.3. The molecule has 1 aromatic heterocycles. The second kappa shape index (κ2) is 5.11. The summed E-state index contributed by atoms with van der Waals surface area (Å²) in [5.41, 5.74) is 3.51. The number of hydrogen-bond donors (Lipinski definition) is 2. The van der Waals surface area contributed by atoms with E-state index in [0.717, 1.165) is 37.0 Å². The molecule has 3 nitrogen and oxygen atoms in total. The standard InChI is InChI=1S/C21H26N2O/c1-13-4-18-8-14(2-3-19(18)23-13)12-22-20(24)21-9-15-5-16(10-21)7-17(6-15)11-21/h2-4,8,15-17,23H,5-7,9-12H2,1H3,(H,22,24). The number of carbonyl (C=O) groups is 1. The number of aryl methyl sites for hydroxylation is 1. The molecule has 126 valence electrons. The Morgan fingerprint density at radius 1 is 1.12 bits per heavy atom. The summed E-state index contributed by atoms with van der Waals surface area (Å²) in [5.74, 6) is 2.79. The molecule has 0 radical (unpaired) electrons. The van der Waals surface area contributed by atoms with Gasteiger partial charge in [0.1, 0.15) is 0 Å². The maximum Gasteiger partial charge on any atom is 0.226 e. The van der Waals surface area contributed by atoms with Crippen LogP contribution in [0.15, 0.2) is 24.3 Å². The fourth-order valence-corrected chi connectivity index (χ4v) is 6.20. The highest BCUT2D eigenvalue weighted by atomic mass is 16.2. The minimum Gasteiger partial charge on any atom is -0.359 e. The lowest BCUT2D eigenvalue weighted by atomic mass is 9.49. The van der Waals surface area contributed by atoms with E-state index in [4.69, 9.17) is 0 Å². The quantitative estimate of drug-likeness (QED) is 0.869. The van der Waals surface area contributed by atoms with Crippen molar-refractivity contribution in [1.29, 1.82) is 0 Å². The first-order chi connectivity index (χ1) is 11.6. The number of benzene rings is 1. The molecule has 4 aliphatic rings. The molecule has 1 heterocycles. The van der Waals surface area contributed by atoms with Crippen molar-refractivity contribution in [3.05, 3.63) is 35.5 Å². The van der Waals surface area contributed by atoms with Crippen molar-refractivity contribution in [2.24, 2.45) is 23.2 Å². The zero-order valence-corrected chi connectivity index (χ0v) is 14.4. The van der Waals surface area contributed by atoms with Gasteiger partial charge in [-0.2, -0.15) is 0 Å². The largest absolute Gasteiger partial charge is 0.359 e. The SMILES string of the molecule is Cc1cc2cc(CNC(=O)C34CC5CC(CC(C5)C3)C4)ccc2[nH]1. The van der Waals surface area contributed by atoms with Crippen molar-refractivity contribution in [2.45, 2.75) is 52.0 Å². The number of fused-ring (bicyclic) bond motifs is 1. The fourth-order valence-electron chi connectivity index (χ4n) is 6.20. The van der Waals surface area contributed by atoms with Gasteiger partial charge in [0.05, 0.1) is 0 Å². The first kappa shape index (κ1) is 14.6. The number of aromatic amines is 1. The van der Waals surface area contributed by atoms with Gasteiger partial charge in [-0.15, -0.1) is 0 Å². The van der Waals surface area contributed by atoms with E-state index in [1.807, 2.05) is 0 Å². The third kappa shape index (κ3) is 2.28. The van der Waals surface area contributed by atoms with Gasteiger partial charge in [0, 0.05) is 23.2 Å². The van der Waals surface area contributed by atoms with Crippen LogP contribution in [0.5, 0.6) is 0 Å². The van der Waals surface area contributed by atoms with E-state index in [2.05, 4.69) is 41.5 Å². The van der Waals surface area contributed by atoms with Crippen LogP contribution in [0, 0.1) is 30.1 Å². The molecule has 6 rings (SSSR count). The Hall–Kier alpha value is -1.77. The van der Waals surface area contributed by atoms with Gasteiger partial charge in [0.25, 0.3) is 0 Å². The smallest absolute Gasteiger partial charge is 0.226 e. The number of H-pyrrole nitrogens is 1. The molecule has 24 heavy (non-hydrogen) atoms. The molecule has 0 atom stereocenters. The molecule has 0 unspecified atom stereocenters. The Bertz CT molecular complexity index is 768. The van der Waals surface area contributed by atoms with Gasteiger partial charge < -0.3 is 10.3 Å². The lowest BCUT2D eigenvalue weighted by Crippen LogP contribution is -2.53.